The second-order valence-corrected chi connectivity index (χ2v) is 4.79. The van der Waals surface area contributed by atoms with E-state index < -0.39 is 12.1 Å². The minimum atomic E-state index is -0.754. The number of benzene rings is 1. The molecule has 5 nitrogen and oxygen atoms in total. The van der Waals surface area contributed by atoms with Gasteiger partial charge in [0.1, 0.15) is 5.75 Å². The Morgan fingerprint density at radius 3 is 2.37 bits per heavy atom. The monoisotopic (exact) mass is 266 g/mol. The number of nitrogens with one attached hydrogen (secondary N) is 1. The zero-order chi connectivity index (χ0) is 14.4. The molecule has 2 atom stereocenters. The second kappa shape index (κ2) is 7.11. The zero-order valence-electron chi connectivity index (χ0n) is 11.6. The lowest BCUT2D eigenvalue weighted by atomic mass is 10.1. The topological polar surface area (TPSA) is 84.6 Å². The van der Waals surface area contributed by atoms with Gasteiger partial charge in [-0.05, 0) is 38.5 Å². The van der Waals surface area contributed by atoms with E-state index in [9.17, 15) is 9.90 Å². The number of carbonyl (C=O) groups excluding carboxylic acids is 1. The van der Waals surface area contributed by atoms with Gasteiger partial charge in [0.15, 0.2) is 0 Å². The normalized spacial score (nSPS) is 14.0. The molecule has 0 fully saturated rings. The first-order valence-electron chi connectivity index (χ1n) is 6.38. The number of carbonyl (C=O) groups is 1. The van der Waals surface area contributed by atoms with E-state index >= 15 is 0 Å². The van der Waals surface area contributed by atoms with Gasteiger partial charge in [-0.25, -0.2) is 0 Å². The van der Waals surface area contributed by atoms with Crippen molar-refractivity contribution >= 4 is 5.91 Å². The average molecular weight is 266 g/mol. The minimum Gasteiger partial charge on any atom is -0.491 e. The molecule has 19 heavy (non-hydrogen) atoms. The van der Waals surface area contributed by atoms with Crippen LogP contribution in [0.1, 0.15) is 32.4 Å². The van der Waals surface area contributed by atoms with Gasteiger partial charge in [0.05, 0.1) is 18.2 Å². The fraction of sp³-hybridized carbons (Fsp3) is 0.500. The fourth-order valence-corrected chi connectivity index (χ4v) is 1.52. The molecule has 0 aromatic heterocycles. The standard InChI is InChI=1S/C14H22N2O3/c1-9(2)19-12-6-4-11(5-7-12)13(17)8-16-14(18)10(3)15/h4-7,9-10,13,17H,8,15H2,1-3H3,(H,16,18)/t10-,13?/m1/s1. The number of aliphatic hydroxyl groups is 1. The molecule has 1 amide bonds. The molecule has 4 N–H and O–H groups in total. The average Bonchev–Trinajstić information content (AvgIpc) is 2.35. The first-order valence-corrected chi connectivity index (χ1v) is 6.38. The molecule has 0 saturated heterocycles. The third-order valence-electron chi connectivity index (χ3n) is 2.52. The summed E-state index contributed by atoms with van der Waals surface area (Å²) in [5.74, 6) is 0.476. The van der Waals surface area contributed by atoms with Crippen LogP contribution in [0.4, 0.5) is 0 Å². The summed E-state index contributed by atoms with van der Waals surface area (Å²) in [7, 11) is 0. The summed E-state index contributed by atoms with van der Waals surface area (Å²) in [6.07, 6.45) is -0.642. The van der Waals surface area contributed by atoms with E-state index in [1.54, 1.807) is 31.2 Å². The molecule has 1 aromatic carbocycles. The highest BCUT2D eigenvalue weighted by Gasteiger charge is 2.12. The van der Waals surface area contributed by atoms with Crippen molar-refractivity contribution in [3.05, 3.63) is 29.8 Å². The van der Waals surface area contributed by atoms with Gasteiger partial charge in [0.2, 0.25) is 5.91 Å². The molecular weight excluding hydrogens is 244 g/mol. The molecule has 0 heterocycles. The molecule has 1 rings (SSSR count). The van der Waals surface area contributed by atoms with Gasteiger partial charge < -0.3 is 20.9 Å². The van der Waals surface area contributed by atoms with Crippen molar-refractivity contribution in [3.63, 3.8) is 0 Å². The Balaban J connectivity index is 2.53. The Morgan fingerprint density at radius 1 is 1.32 bits per heavy atom. The number of rotatable bonds is 6. The number of ether oxygens (including phenoxy) is 1. The number of hydrogen-bond acceptors (Lipinski definition) is 4. The molecule has 0 spiro atoms. The van der Waals surface area contributed by atoms with Crippen molar-refractivity contribution in [2.75, 3.05) is 6.54 Å². The lowest BCUT2D eigenvalue weighted by Gasteiger charge is -2.15. The third kappa shape index (κ3) is 5.28. The summed E-state index contributed by atoms with van der Waals surface area (Å²) < 4.78 is 5.51. The largest absolute Gasteiger partial charge is 0.491 e. The molecule has 1 unspecified atom stereocenters. The lowest BCUT2D eigenvalue weighted by Crippen LogP contribution is -2.40. The van der Waals surface area contributed by atoms with Crippen LogP contribution < -0.4 is 15.8 Å². The zero-order valence-corrected chi connectivity index (χ0v) is 11.6. The second-order valence-electron chi connectivity index (χ2n) is 4.79. The van der Waals surface area contributed by atoms with Crippen molar-refractivity contribution in [1.82, 2.24) is 5.32 Å². The van der Waals surface area contributed by atoms with Crippen molar-refractivity contribution in [3.8, 4) is 5.75 Å². The number of amides is 1. The van der Waals surface area contributed by atoms with E-state index in [4.69, 9.17) is 10.5 Å². The molecule has 0 aliphatic carbocycles. The highest BCUT2D eigenvalue weighted by Crippen LogP contribution is 2.18. The van der Waals surface area contributed by atoms with Crippen LogP contribution in [0.3, 0.4) is 0 Å². The Labute approximate surface area is 113 Å². The molecule has 5 heteroatoms. The van der Waals surface area contributed by atoms with Gasteiger partial charge >= 0.3 is 0 Å². The first kappa shape index (κ1) is 15.5. The predicted molar refractivity (Wildman–Crippen MR) is 73.8 cm³/mol. The Morgan fingerprint density at radius 2 is 1.89 bits per heavy atom. The van der Waals surface area contributed by atoms with Crippen molar-refractivity contribution in [2.45, 2.75) is 39.0 Å². The maximum Gasteiger partial charge on any atom is 0.236 e. The quantitative estimate of drug-likeness (QED) is 0.716. The lowest BCUT2D eigenvalue weighted by molar-refractivity contribution is -0.122. The molecule has 106 valence electrons. The fourth-order valence-electron chi connectivity index (χ4n) is 1.52. The summed E-state index contributed by atoms with van der Waals surface area (Å²) in [4.78, 5) is 11.3. The van der Waals surface area contributed by atoms with Crippen LogP contribution in [0.25, 0.3) is 0 Å². The van der Waals surface area contributed by atoms with Crippen LogP contribution in [-0.2, 0) is 4.79 Å². The highest BCUT2D eigenvalue weighted by atomic mass is 16.5. The Bertz CT molecular complexity index is 402. The molecule has 0 aliphatic rings. The van der Waals surface area contributed by atoms with Gasteiger partial charge in [-0.15, -0.1) is 0 Å². The predicted octanol–water partition coefficient (Wildman–Crippen LogP) is 0.971. The Hall–Kier alpha value is -1.59. The third-order valence-corrected chi connectivity index (χ3v) is 2.52. The summed E-state index contributed by atoms with van der Waals surface area (Å²) in [6.45, 7) is 5.64. The maximum atomic E-state index is 11.3. The molecule has 0 radical (unpaired) electrons. The molecule has 0 bridgehead atoms. The van der Waals surface area contributed by atoms with E-state index in [1.807, 2.05) is 13.8 Å². The number of hydrogen-bond donors (Lipinski definition) is 3. The summed E-state index contributed by atoms with van der Waals surface area (Å²) in [5, 5.41) is 12.5. The summed E-state index contributed by atoms with van der Waals surface area (Å²) >= 11 is 0. The minimum absolute atomic E-state index is 0.112. The smallest absolute Gasteiger partial charge is 0.236 e. The van der Waals surface area contributed by atoms with E-state index in [0.29, 0.717) is 0 Å². The molecule has 1 aromatic rings. The van der Waals surface area contributed by atoms with Crippen LogP contribution in [0, 0.1) is 0 Å². The summed E-state index contributed by atoms with van der Waals surface area (Å²) in [5.41, 5.74) is 6.14. The SMILES string of the molecule is CC(C)Oc1ccc(C(O)CNC(=O)[C@@H](C)N)cc1. The van der Waals surface area contributed by atoms with E-state index in [-0.39, 0.29) is 18.6 Å². The highest BCUT2D eigenvalue weighted by molar-refractivity contribution is 5.80. The molecule has 0 saturated carbocycles. The van der Waals surface area contributed by atoms with Crippen LogP contribution in [0.5, 0.6) is 5.75 Å². The van der Waals surface area contributed by atoms with Crippen LogP contribution in [0.15, 0.2) is 24.3 Å². The summed E-state index contributed by atoms with van der Waals surface area (Å²) in [6, 6.07) is 6.58. The van der Waals surface area contributed by atoms with Crippen LogP contribution >= 0.6 is 0 Å². The van der Waals surface area contributed by atoms with Crippen LogP contribution in [-0.4, -0.2) is 29.7 Å². The number of nitrogens with two attached hydrogens (primary N) is 1. The van der Waals surface area contributed by atoms with E-state index in [0.717, 1.165) is 11.3 Å². The van der Waals surface area contributed by atoms with Gasteiger partial charge in [-0.3, -0.25) is 4.79 Å². The van der Waals surface area contributed by atoms with Crippen molar-refractivity contribution in [2.24, 2.45) is 5.73 Å². The van der Waals surface area contributed by atoms with Gasteiger partial charge in [0.25, 0.3) is 0 Å². The van der Waals surface area contributed by atoms with E-state index in [1.165, 1.54) is 0 Å². The van der Waals surface area contributed by atoms with Gasteiger partial charge in [0, 0.05) is 6.54 Å². The van der Waals surface area contributed by atoms with Crippen LogP contribution in [0.2, 0.25) is 0 Å². The van der Waals surface area contributed by atoms with Gasteiger partial charge in [-0.1, -0.05) is 12.1 Å². The molecular formula is C14H22N2O3. The van der Waals surface area contributed by atoms with Crippen molar-refractivity contribution < 1.29 is 14.6 Å². The Kier molecular flexibility index (Phi) is 5.79. The maximum absolute atomic E-state index is 11.3. The van der Waals surface area contributed by atoms with Gasteiger partial charge in [-0.2, -0.15) is 0 Å². The first-order chi connectivity index (χ1) is 8.90. The number of aliphatic hydroxyl groups excluding tert-OH is 1. The van der Waals surface area contributed by atoms with Crippen molar-refractivity contribution in [1.29, 1.82) is 0 Å². The van der Waals surface area contributed by atoms with E-state index in [2.05, 4.69) is 5.32 Å². The molecule has 0 aliphatic heterocycles.